The summed E-state index contributed by atoms with van der Waals surface area (Å²) in [7, 11) is -3.60. The van der Waals surface area contributed by atoms with Gasteiger partial charge in [-0.25, -0.2) is 8.42 Å². The predicted octanol–water partition coefficient (Wildman–Crippen LogP) is 1.33. The Hall–Kier alpha value is -0.440. The summed E-state index contributed by atoms with van der Waals surface area (Å²) in [6.07, 6.45) is 0. The second-order valence-electron chi connectivity index (χ2n) is 4.05. The molecule has 1 aliphatic heterocycles. The van der Waals surface area contributed by atoms with Crippen LogP contribution >= 0.6 is 27.3 Å². The number of carbonyl (C=O) groups is 1. The number of aryl methyl sites for hydroxylation is 1. The van der Waals surface area contributed by atoms with Crippen molar-refractivity contribution in [3.63, 3.8) is 0 Å². The summed E-state index contributed by atoms with van der Waals surface area (Å²) in [6, 6.07) is 0.927. The SMILES string of the molecule is Cc1sc(Br)cc1S(=O)(=O)N1CCNC(=O)C1C. The highest BCUT2D eigenvalue weighted by atomic mass is 79.9. The summed E-state index contributed by atoms with van der Waals surface area (Å²) in [5.41, 5.74) is 0. The van der Waals surface area contributed by atoms with Crippen molar-refractivity contribution in [2.24, 2.45) is 0 Å². The van der Waals surface area contributed by atoms with Gasteiger partial charge in [-0.3, -0.25) is 4.79 Å². The molecule has 0 aliphatic carbocycles. The van der Waals surface area contributed by atoms with Crippen LogP contribution in [0.15, 0.2) is 14.7 Å². The second kappa shape index (κ2) is 4.92. The number of nitrogens with zero attached hydrogens (tertiary/aromatic N) is 1. The number of hydrogen-bond donors (Lipinski definition) is 1. The molecule has 1 unspecified atom stereocenters. The third-order valence-electron chi connectivity index (χ3n) is 2.87. The lowest BCUT2D eigenvalue weighted by atomic mass is 10.2. The van der Waals surface area contributed by atoms with E-state index < -0.39 is 16.1 Å². The van der Waals surface area contributed by atoms with E-state index in [4.69, 9.17) is 0 Å². The van der Waals surface area contributed by atoms with Gasteiger partial charge in [0.15, 0.2) is 0 Å². The molecule has 1 fully saturated rings. The number of rotatable bonds is 2. The number of hydrogen-bond acceptors (Lipinski definition) is 4. The number of halogens is 1. The Morgan fingerprint density at radius 2 is 2.22 bits per heavy atom. The molecule has 1 N–H and O–H groups in total. The van der Waals surface area contributed by atoms with Gasteiger partial charge >= 0.3 is 0 Å². The first-order valence-corrected chi connectivity index (χ1v) is 8.44. The van der Waals surface area contributed by atoms with Crippen molar-refractivity contribution in [3.05, 3.63) is 14.7 Å². The smallest absolute Gasteiger partial charge is 0.244 e. The Labute approximate surface area is 118 Å². The second-order valence-corrected chi connectivity index (χ2v) is 8.55. The molecular weight excluding hydrogens is 340 g/mol. The molecule has 8 heteroatoms. The van der Waals surface area contributed by atoms with Crippen molar-refractivity contribution in [2.45, 2.75) is 24.8 Å². The molecule has 1 amide bonds. The Morgan fingerprint density at radius 1 is 1.56 bits per heavy atom. The van der Waals surface area contributed by atoms with Crippen LogP contribution in [0, 0.1) is 6.92 Å². The summed E-state index contributed by atoms with van der Waals surface area (Å²) in [5.74, 6) is -0.253. The molecule has 2 heterocycles. The molecule has 1 saturated heterocycles. The summed E-state index contributed by atoms with van der Waals surface area (Å²) in [4.78, 5) is 12.5. The van der Waals surface area contributed by atoms with Crippen molar-refractivity contribution >= 4 is 43.2 Å². The van der Waals surface area contributed by atoms with E-state index in [1.807, 2.05) is 0 Å². The minimum absolute atomic E-state index is 0.253. The van der Waals surface area contributed by atoms with Crippen molar-refractivity contribution in [3.8, 4) is 0 Å². The zero-order chi connectivity index (χ0) is 13.5. The highest BCUT2D eigenvalue weighted by Gasteiger charge is 2.36. The Balaban J connectivity index is 2.42. The third-order valence-corrected chi connectivity index (χ3v) is 6.65. The predicted molar refractivity (Wildman–Crippen MR) is 73.1 cm³/mol. The number of nitrogens with one attached hydrogen (secondary N) is 1. The van der Waals surface area contributed by atoms with E-state index in [0.29, 0.717) is 13.1 Å². The molecule has 1 aliphatic rings. The van der Waals surface area contributed by atoms with Crippen LogP contribution in [-0.4, -0.2) is 37.8 Å². The molecule has 0 radical (unpaired) electrons. The van der Waals surface area contributed by atoms with E-state index in [1.165, 1.54) is 15.6 Å². The van der Waals surface area contributed by atoms with Crippen LogP contribution in [0.4, 0.5) is 0 Å². The summed E-state index contributed by atoms with van der Waals surface area (Å²) in [6.45, 7) is 4.02. The first kappa shape index (κ1) is 14.0. The molecule has 5 nitrogen and oxygen atoms in total. The van der Waals surface area contributed by atoms with E-state index >= 15 is 0 Å². The maximum absolute atomic E-state index is 12.5. The Bertz CT molecular complexity index is 582. The van der Waals surface area contributed by atoms with E-state index in [1.54, 1.807) is 19.9 Å². The van der Waals surface area contributed by atoms with Gasteiger partial charge in [0.25, 0.3) is 0 Å². The average Bonchev–Trinajstić information content (AvgIpc) is 2.62. The van der Waals surface area contributed by atoms with E-state index in [0.717, 1.165) is 8.66 Å². The number of amides is 1. The Morgan fingerprint density at radius 3 is 2.78 bits per heavy atom. The lowest BCUT2D eigenvalue weighted by molar-refractivity contribution is -0.126. The molecule has 1 atom stereocenters. The minimum Gasteiger partial charge on any atom is -0.353 e. The van der Waals surface area contributed by atoms with Gasteiger partial charge in [0.05, 0.1) is 8.68 Å². The highest BCUT2D eigenvalue weighted by molar-refractivity contribution is 9.11. The van der Waals surface area contributed by atoms with Crippen LogP contribution in [-0.2, 0) is 14.8 Å². The normalized spacial score (nSPS) is 21.9. The van der Waals surface area contributed by atoms with Crippen molar-refractivity contribution in [1.82, 2.24) is 9.62 Å². The third kappa shape index (κ3) is 2.34. The molecular formula is C10H13BrN2O3S2. The topological polar surface area (TPSA) is 66.5 Å². The number of sulfonamides is 1. The van der Waals surface area contributed by atoms with Gasteiger partial charge in [0.1, 0.15) is 6.04 Å². The number of piperazine rings is 1. The van der Waals surface area contributed by atoms with E-state index in [-0.39, 0.29) is 10.8 Å². The van der Waals surface area contributed by atoms with Crippen LogP contribution in [0.5, 0.6) is 0 Å². The minimum atomic E-state index is -3.60. The van der Waals surface area contributed by atoms with Gasteiger partial charge < -0.3 is 5.32 Å². The van der Waals surface area contributed by atoms with Gasteiger partial charge in [-0.05, 0) is 35.8 Å². The van der Waals surface area contributed by atoms with E-state index in [2.05, 4.69) is 21.2 Å². The quantitative estimate of drug-likeness (QED) is 0.872. The largest absolute Gasteiger partial charge is 0.353 e. The zero-order valence-corrected chi connectivity index (χ0v) is 13.2. The van der Waals surface area contributed by atoms with Crippen LogP contribution in [0.3, 0.4) is 0 Å². The standard InChI is InChI=1S/C10H13BrN2O3S2/c1-6-10(14)12-3-4-13(6)18(15,16)8-5-9(11)17-7(8)2/h5-6H,3-4H2,1-2H3,(H,12,14). The van der Waals surface area contributed by atoms with Gasteiger partial charge in [0, 0.05) is 18.0 Å². The number of carbonyl (C=O) groups excluding carboxylic acids is 1. The summed E-state index contributed by atoms with van der Waals surface area (Å²) >= 11 is 4.66. The molecule has 18 heavy (non-hydrogen) atoms. The molecule has 0 saturated carbocycles. The average molecular weight is 353 g/mol. The molecule has 2 rings (SSSR count). The highest BCUT2D eigenvalue weighted by Crippen LogP contribution is 2.32. The molecule has 0 spiro atoms. The molecule has 100 valence electrons. The van der Waals surface area contributed by atoms with Gasteiger partial charge in [-0.1, -0.05) is 0 Å². The molecule has 0 bridgehead atoms. The van der Waals surface area contributed by atoms with Crippen LogP contribution in [0.2, 0.25) is 0 Å². The summed E-state index contributed by atoms with van der Waals surface area (Å²) < 4.78 is 27.0. The molecule has 1 aromatic rings. The monoisotopic (exact) mass is 352 g/mol. The van der Waals surface area contributed by atoms with Gasteiger partial charge in [-0.2, -0.15) is 4.31 Å². The maximum atomic E-state index is 12.5. The van der Waals surface area contributed by atoms with E-state index in [9.17, 15) is 13.2 Å². The van der Waals surface area contributed by atoms with Crippen molar-refractivity contribution < 1.29 is 13.2 Å². The fourth-order valence-electron chi connectivity index (χ4n) is 1.90. The van der Waals surface area contributed by atoms with Crippen LogP contribution < -0.4 is 5.32 Å². The molecule has 1 aromatic heterocycles. The van der Waals surface area contributed by atoms with Crippen molar-refractivity contribution in [2.75, 3.05) is 13.1 Å². The lowest BCUT2D eigenvalue weighted by Gasteiger charge is -2.31. The van der Waals surface area contributed by atoms with Crippen LogP contribution in [0.25, 0.3) is 0 Å². The Kier molecular flexibility index (Phi) is 3.82. The van der Waals surface area contributed by atoms with Gasteiger partial charge in [0.2, 0.25) is 15.9 Å². The molecule has 0 aromatic carbocycles. The van der Waals surface area contributed by atoms with Crippen molar-refractivity contribution in [1.29, 1.82) is 0 Å². The summed E-state index contributed by atoms with van der Waals surface area (Å²) in [5, 5.41) is 2.65. The number of thiophene rings is 1. The fraction of sp³-hybridized carbons (Fsp3) is 0.500. The zero-order valence-electron chi connectivity index (χ0n) is 9.94. The van der Waals surface area contributed by atoms with Crippen LogP contribution in [0.1, 0.15) is 11.8 Å². The maximum Gasteiger partial charge on any atom is 0.244 e. The first-order chi connectivity index (χ1) is 8.34. The first-order valence-electron chi connectivity index (χ1n) is 5.39. The lowest BCUT2D eigenvalue weighted by Crippen LogP contribution is -2.55. The fourth-order valence-corrected chi connectivity index (χ4v) is 5.88. The van der Waals surface area contributed by atoms with Gasteiger partial charge in [-0.15, -0.1) is 11.3 Å².